The summed E-state index contributed by atoms with van der Waals surface area (Å²) in [6.07, 6.45) is 25.0. The number of terminal acetylenes is 4. The van der Waals surface area contributed by atoms with Crippen molar-refractivity contribution in [2.45, 2.75) is 0 Å². The van der Waals surface area contributed by atoms with E-state index in [0.717, 1.165) is 149 Å². The van der Waals surface area contributed by atoms with Crippen LogP contribution in [0.4, 0.5) is 0 Å². The lowest BCUT2D eigenvalue weighted by Gasteiger charge is -2.18. The molecular formula is C95H57N5. The Bertz CT molecular complexity index is 6170. The third-order valence-corrected chi connectivity index (χ3v) is 19.1. The quantitative estimate of drug-likeness (QED) is 0.115. The predicted molar refractivity (Wildman–Crippen MR) is 415 cm³/mol. The number of hydrogen-bond donors (Lipinski definition) is 0. The lowest BCUT2D eigenvalue weighted by Crippen LogP contribution is -2.06. The van der Waals surface area contributed by atoms with E-state index in [0.29, 0.717) is 39.9 Å². The van der Waals surface area contributed by atoms with E-state index in [-0.39, 0.29) is 0 Å². The summed E-state index contributed by atoms with van der Waals surface area (Å²) in [6.45, 7) is 0. The Balaban J connectivity index is 0.869. The van der Waals surface area contributed by atoms with Gasteiger partial charge in [0.15, 0.2) is 11.6 Å². The average molecular weight is 1270 g/mol. The third-order valence-electron chi connectivity index (χ3n) is 19.1. The Hall–Kier alpha value is -14.1. The average Bonchev–Trinajstić information content (AvgIpc) is 1.56. The van der Waals surface area contributed by atoms with E-state index in [1.54, 1.807) is 0 Å². The summed E-state index contributed by atoms with van der Waals surface area (Å²) in [6, 6.07) is 113. The molecule has 0 radical (unpaired) electrons. The number of benzene rings is 14. The van der Waals surface area contributed by atoms with Crippen LogP contribution in [0.1, 0.15) is 22.3 Å². The number of para-hydroxylation sites is 2. The van der Waals surface area contributed by atoms with E-state index in [2.05, 4.69) is 257 Å². The molecule has 0 unspecified atom stereocenters. The Labute approximate surface area is 580 Å². The lowest BCUT2D eigenvalue weighted by molar-refractivity contribution is 0.953. The van der Waals surface area contributed by atoms with Crippen LogP contribution in [0.3, 0.4) is 0 Å². The lowest BCUT2D eigenvalue weighted by atomic mass is 9.85. The van der Waals surface area contributed by atoms with Gasteiger partial charge >= 0.3 is 0 Å². The van der Waals surface area contributed by atoms with Gasteiger partial charge in [0.05, 0.1) is 22.1 Å². The van der Waals surface area contributed by atoms with Crippen LogP contribution in [0.15, 0.2) is 322 Å². The number of hydrogen-bond acceptors (Lipinski definition) is 3. The topological polar surface area (TPSA) is 48.5 Å². The molecule has 0 spiro atoms. The molecule has 0 amide bonds. The molecule has 14 aromatic carbocycles. The highest BCUT2D eigenvalue weighted by Gasteiger charge is 2.23. The molecule has 0 fully saturated rings. The van der Waals surface area contributed by atoms with Gasteiger partial charge in [-0.2, -0.15) is 9.97 Å². The Morgan fingerprint density at radius 1 is 0.220 bits per heavy atom. The van der Waals surface area contributed by atoms with E-state index >= 15 is 0 Å². The summed E-state index contributed by atoms with van der Waals surface area (Å²) >= 11 is 0. The third kappa shape index (κ3) is 10.6. The van der Waals surface area contributed by atoms with Gasteiger partial charge in [0.25, 0.3) is 0 Å². The zero-order valence-corrected chi connectivity index (χ0v) is 54.1. The molecule has 0 aliphatic carbocycles. The summed E-state index contributed by atoms with van der Waals surface area (Å²) in [7, 11) is 0. The molecule has 5 nitrogen and oxygen atoms in total. The molecule has 0 aliphatic heterocycles. The number of aromatic nitrogens is 5. The Kier molecular flexibility index (Phi) is 15.1. The van der Waals surface area contributed by atoms with Crippen LogP contribution in [-0.4, -0.2) is 24.1 Å². The monoisotopic (exact) mass is 1270 g/mol. The van der Waals surface area contributed by atoms with Gasteiger partial charge < -0.3 is 4.57 Å². The minimum absolute atomic E-state index is 0.544. The van der Waals surface area contributed by atoms with Gasteiger partial charge in [0, 0.05) is 60.6 Å². The molecule has 3 heterocycles. The second-order valence-electron chi connectivity index (χ2n) is 24.9. The summed E-state index contributed by atoms with van der Waals surface area (Å²) in [5.41, 5.74) is 25.7. The summed E-state index contributed by atoms with van der Waals surface area (Å²) in [4.78, 5) is 15.4. The highest BCUT2D eigenvalue weighted by atomic mass is 15.2. The summed E-state index contributed by atoms with van der Waals surface area (Å²) < 4.78 is 4.56. The second-order valence-corrected chi connectivity index (χ2v) is 24.9. The largest absolute Gasteiger partial charge is 0.309 e. The maximum atomic E-state index is 6.41. The van der Waals surface area contributed by atoms with Crippen LogP contribution in [0.5, 0.6) is 0 Å². The zero-order valence-electron chi connectivity index (χ0n) is 54.1. The molecular weight excluding hydrogens is 1210 g/mol. The van der Waals surface area contributed by atoms with E-state index in [4.69, 9.17) is 40.6 Å². The Morgan fingerprint density at radius 3 is 1.05 bits per heavy atom. The van der Waals surface area contributed by atoms with Crippen molar-refractivity contribution in [1.82, 2.24) is 24.1 Å². The van der Waals surface area contributed by atoms with Crippen LogP contribution in [-0.2, 0) is 0 Å². The van der Waals surface area contributed by atoms with Gasteiger partial charge in [-0.1, -0.05) is 236 Å². The summed E-state index contributed by atoms with van der Waals surface area (Å²) in [5.74, 6) is 13.3. The van der Waals surface area contributed by atoms with Gasteiger partial charge in [0.2, 0.25) is 5.95 Å². The van der Waals surface area contributed by atoms with E-state index in [1.165, 1.54) is 0 Å². The van der Waals surface area contributed by atoms with Gasteiger partial charge in [-0.05, 0) is 198 Å². The minimum Gasteiger partial charge on any atom is -0.309 e. The number of fused-ring (bicyclic) bond motifs is 6. The van der Waals surface area contributed by atoms with Crippen LogP contribution < -0.4 is 0 Å². The predicted octanol–water partition coefficient (Wildman–Crippen LogP) is 22.7. The molecule has 0 aliphatic rings. The fourth-order valence-electron chi connectivity index (χ4n) is 14.3. The highest BCUT2D eigenvalue weighted by molar-refractivity contribution is 6.13. The first-order valence-electron chi connectivity index (χ1n) is 33.1. The van der Waals surface area contributed by atoms with E-state index in [9.17, 15) is 0 Å². The van der Waals surface area contributed by atoms with Gasteiger partial charge in [-0.25, -0.2) is 4.98 Å². The maximum Gasteiger partial charge on any atom is 0.238 e. The van der Waals surface area contributed by atoms with Crippen molar-refractivity contribution >= 4 is 43.6 Å². The molecule has 3 aromatic heterocycles. The molecule has 17 aromatic rings. The molecule has 462 valence electrons. The van der Waals surface area contributed by atoms with Crippen LogP contribution in [0, 0.1) is 49.4 Å². The number of nitrogens with zero attached hydrogens (tertiary/aromatic N) is 5. The molecule has 0 atom stereocenters. The number of rotatable bonds is 12. The first kappa shape index (κ1) is 59.7. The molecule has 0 saturated carbocycles. The fourth-order valence-corrected chi connectivity index (χ4v) is 14.3. The molecule has 0 N–H and O–H groups in total. The first-order chi connectivity index (χ1) is 49.4. The normalized spacial score (nSPS) is 11.2. The minimum atomic E-state index is 0.544. The maximum absolute atomic E-state index is 6.41. The smallest absolute Gasteiger partial charge is 0.238 e. The van der Waals surface area contributed by atoms with Crippen molar-refractivity contribution in [1.29, 1.82) is 0 Å². The molecule has 5 heteroatoms. The zero-order chi connectivity index (χ0) is 67.2. The van der Waals surface area contributed by atoms with Gasteiger partial charge in [-0.15, -0.1) is 25.7 Å². The fraction of sp³-hybridized carbons (Fsp3) is 0. The molecule has 17 rings (SSSR count). The van der Waals surface area contributed by atoms with Gasteiger partial charge in [0.1, 0.15) is 0 Å². The second kappa shape index (κ2) is 25.2. The summed E-state index contributed by atoms with van der Waals surface area (Å²) in [5, 5.41) is 4.40. The highest BCUT2D eigenvalue weighted by Crippen LogP contribution is 2.45. The SMILES string of the molecule is C#Cc1cccc(-c2ccc(-c3cc(-c4cc(-c5ccccc5)cc(-c5ccccc5)c4)cc(-c4ccc5c(c4)c4cc(-c6ccc7c(c6)c6ccccc6n7-c6nc(-c7ccccc7)nc(-c7ccccc7)n6)ccc4n5-c4ccccc4)c3)cc2-c2cccc(C#C)c2C#C)c1C#C. The van der Waals surface area contributed by atoms with Crippen LogP contribution in [0.2, 0.25) is 0 Å². The molecule has 0 bridgehead atoms. The van der Waals surface area contributed by atoms with Crippen molar-refractivity contribution in [3.8, 4) is 173 Å². The standard InChI is InChI=1S/C95H57N5/c1-5-62-36-26-41-81(79(62)7-3)83-48-44-70(58-85(83)82-42-27-37-63(6-2)80(82)8-4)74-55-75(57-77(56-74)76-53-72(64-28-14-9-15-29-64)52-73(54-76)65-30-16-10-17-31-65)71-47-50-91-88(61-71)87-60-69(45-49-90(87)99(91)78-38-22-13-23-39-78)68-46-51-92-86(59-68)84-40-24-25-43-89(84)100(92)95-97-93(66-32-18-11-19-33-66)96-94(98-95)67-34-20-12-21-35-67/h1-4,9-61H. The van der Waals surface area contributed by atoms with Crippen molar-refractivity contribution in [3.63, 3.8) is 0 Å². The van der Waals surface area contributed by atoms with Crippen molar-refractivity contribution in [2.75, 3.05) is 0 Å². The first-order valence-corrected chi connectivity index (χ1v) is 33.1. The van der Waals surface area contributed by atoms with E-state index < -0.39 is 0 Å². The van der Waals surface area contributed by atoms with Crippen molar-refractivity contribution in [2.24, 2.45) is 0 Å². The van der Waals surface area contributed by atoms with Crippen molar-refractivity contribution < 1.29 is 0 Å². The van der Waals surface area contributed by atoms with Crippen LogP contribution in [0.25, 0.3) is 167 Å². The van der Waals surface area contributed by atoms with E-state index in [1.807, 2.05) is 97.1 Å². The van der Waals surface area contributed by atoms with Gasteiger partial charge in [-0.3, -0.25) is 4.57 Å². The molecule has 0 saturated heterocycles. The molecule has 100 heavy (non-hydrogen) atoms. The Morgan fingerprint density at radius 2 is 0.580 bits per heavy atom. The van der Waals surface area contributed by atoms with Crippen LogP contribution >= 0.6 is 0 Å². The van der Waals surface area contributed by atoms with Crippen molar-refractivity contribution in [3.05, 3.63) is 344 Å².